The van der Waals surface area contributed by atoms with E-state index in [0.29, 0.717) is 6.04 Å². The zero-order valence-electron chi connectivity index (χ0n) is 11.1. The number of para-hydroxylation sites is 1. The van der Waals surface area contributed by atoms with Gasteiger partial charge in [-0.2, -0.15) is 13.2 Å². The largest absolute Gasteiger partial charge is 0.390 e. The van der Waals surface area contributed by atoms with E-state index in [4.69, 9.17) is 0 Å². The van der Waals surface area contributed by atoms with Crippen LogP contribution < -0.4 is 5.32 Å². The van der Waals surface area contributed by atoms with Crippen LogP contribution in [0.2, 0.25) is 0 Å². The van der Waals surface area contributed by atoms with Crippen LogP contribution in [0.4, 0.5) is 13.2 Å². The molecule has 1 fully saturated rings. The number of nitrogens with zero attached hydrogens (tertiary/aromatic N) is 1. The number of aryl methyl sites for hydroxylation is 1. The zero-order chi connectivity index (χ0) is 14.2. The molecule has 1 aromatic carbocycles. The summed E-state index contributed by atoms with van der Waals surface area (Å²) in [6.45, 7) is 0.706. The number of rotatable bonds is 5. The van der Waals surface area contributed by atoms with Crippen molar-refractivity contribution in [3.05, 3.63) is 36.0 Å². The highest BCUT2D eigenvalue weighted by Gasteiger charge is 2.27. The Hall–Kier alpha value is -1.49. The topological polar surface area (TPSA) is 17.0 Å². The lowest BCUT2D eigenvalue weighted by molar-refractivity contribution is -0.136. The van der Waals surface area contributed by atoms with E-state index >= 15 is 0 Å². The van der Waals surface area contributed by atoms with Crippen molar-refractivity contribution in [1.82, 2.24) is 9.88 Å². The predicted molar refractivity (Wildman–Crippen MR) is 72.5 cm³/mol. The third-order valence-electron chi connectivity index (χ3n) is 3.67. The zero-order valence-corrected chi connectivity index (χ0v) is 11.1. The van der Waals surface area contributed by atoms with Crippen LogP contribution in [0, 0.1) is 0 Å². The molecule has 0 bridgehead atoms. The van der Waals surface area contributed by atoms with Gasteiger partial charge in [0.2, 0.25) is 0 Å². The summed E-state index contributed by atoms with van der Waals surface area (Å²) in [5.74, 6) is 0. The van der Waals surface area contributed by atoms with E-state index < -0.39 is 12.6 Å². The quantitative estimate of drug-likeness (QED) is 0.881. The van der Waals surface area contributed by atoms with E-state index in [1.807, 2.05) is 30.5 Å². The van der Waals surface area contributed by atoms with Crippen LogP contribution in [0.15, 0.2) is 30.5 Å². The number of hydrogen-bond donors (Lipinski definition) is 1. The first-order valence-corrected chi connectivity index (χ1v) is 6.90. The molecule has 1 saturated carbocycles. The van der Waals surface area contributed by atoms with Gasteiger partial charge in [-0.3, -0.25) is 0 Å². The van der Waals surface area contributed by atoms with Crippen molar-refractivity contribution in [2.45, 2.75) is 44.6 Å². The summed E-state index contributed by atoms with van der Waals surface area (Å²) in [4.78, 5) is 0. The summed E-state index contributed by atoms with van der Waals surface area (Å²) in [5.41, 5.74) is 1.96. The van der Waals surface area contributed by atoms with Crippen LogP contribution in [0.1, 0.15) is 24.8 Å². The summed E-state index contributed by atoms with van der Waals surface area (Å²) >= 11 is 0. The molecule has 2 nitrogen and oxygen atoms in total. The predicted octanol–water partition coefficient (Wildman–Crippen LogP) is 3.85. The van der Waals surface area contributed by atoms with Gasteiger partial charge in [-0.25, -0.2) is 0 Å². The van der Waals surface area contributed by atoms with Crippen molar-refractivity contribution in [3.8, 4) is 0 Å². The third-order valence-corrected chi connectivity index (χ3v) is 3.67. The Labute approximate surface area is 115 Å². The van der Waals surface area contributed by atoms with Gasteiger partial charge in [-0.05, 0) is 24.5 Å². The molecule has 3 rings (SSSR count). The highest BCUT2D eigenvalue weighted by atomic mass is 19.4. The Morgan fingerprint density at radius 3 is 2.65 bits per heavy atom. The lowest BCUT2D eigenvalue weighted by atomic mass is 10.2. The van der Waals surface area contributed by atoms with Gasteiger partial charge >= 0.3 is 6.18 Å². The average molecular weight is 282 g/mol. The second-order valence-electron chi connectivity index (χ2n) is 5.39. The second-order valence-corrected chi connectivity index (χ2v) is 5.39. The lowest BCUT2D eigenvalue weighted by Gasteiger charge is -2.08. The van der Waals surface area contributed by atoms with Gasteiger partial charge in [-0.15, -0.1) is 0 Å². The second kappa shape index (κ2) is 5.13. The van der Waals surface area contributed by atoms with Crippen molar-refractivity contribution >= 4 is 10.9 Å². The minimum atomic E-state index is -4.11. The molecular weight excluding hydrogens is 265 g/mol. The summed E-state index contributed by atoms with van der Waals surface area (Å²) in [6.07, 6.45) is -0.649. The van der Waals surface area contributed by atoms with E-state index in [-0.39, 0.29) is 6.54 Å². The van der Waals surface area contributed by atoms with Crippen molar-refractivity contribution in [3.63, 3.8) is 0 Å². The van der Waals surface area contributed by atoms with Crippen LogP contribution in [0.5, 0.6) is 0 Å². The molecule has 0 spiro atoms. The molecule has 0 aliphatic heterocycles. The molecule has 0 radical (unpaired) electrons. The smallest absolute Gasteiger partial charge is 0.347 e. The van der Waals surface area contributed by atoms with Crippen LogP contribution in [-0.4, -0.2) is 16.8 Å². The van der Waals surface area contributed by atoms with Gasteiger partial charge in [0.05, 0.1) is 6.42 Å². The first-order valence-electron chi connectivity index (χ1n) is 6.90. The molecular formula is C15H17F3N2. The number of halogens is 3. The average Bonchev–Trinajstić information content (AvgIpc) is 3.16. The number of benzene rings is 1. The van der Waals surface area contributed by atoms with Gasteiger partial charge in [0.15, 0.2) is 0 Å². The Morgan fingerprint density at radius 1 is 1.20 bits per heavy atom. The Kier molecular flexibility index (Phi) is 3.46. The van der Waals surface area contributed by atoms with E-state index in [9.17, 15) is 13.2 Å². The van der Waals surface area contributed by atoms with Gasteiger partial charge in [-0.1, -0.05) is 18.2 Å². The van der Waals surface area contributed by atoms with Gasteiger partial charge in [0, 0.05) is 36.2 Å². The molecule has 108 valence electrons. The molecule has 5 heteroatoms. The molecule has 1 aliphatic carbocycles. The molecule has 0 amide bonds. The lowest BCUT2D eigenvalue weighted by Crippen LogP contribution is -2.15. The van der Waals surface area contributed by atoms with E-state index in [1.54, 1.807) is 4.57 Å². The molecule has 2 aromatic rings. The van der Waals surface area contributed by atoms with Crippen molar-refractivity contribution in [1.29, 1.82) is 0 Å². The Balaban J connectivity index is 1.83. The standard InChI is InChI=1S/C15H17F3N2/c16-15(17,18)7-8-20-10-11(9-19-12-5-6-12)13-3-1-2-4-14(13)20/h1-4,10,12,19H,5-9H2. The fraction of sp³-hybridized carbons (Fsp3) is 0.467. The molecule has 0 unspecified atom stereocenters. The SMILES string of the molecule is FC(F)(F)CCn1cc(CNC2CC2)c2ccccc21. The maximum atomic E-state index is 12.4. The van der Waals surface area contributed by atoms with E-state index in [2.05, 4.69) is 5.32 Å². The summed E-state index contributed by atoms with van der Waals surface area (Å²) in [6, 6.07) is 8.24. The van der Waals surface area contributed by atoms with Gasteiger partial charge < -0.3 is 9.88 Å². The van der Waals surface area contributed by atoms with Crippen LogP contribution in [0.3, 0.4) is 0 Å². The third kappa shape index (κ3) is 3.15. The normalized spacial score (nSPS) is 15.9. The Bertz CT molecular complexity index is 597. The molecule has 1 N–H and O–H groups in total. The highest BCUT2D eigenvalue weighted by Crippen LogP contribution is 2.26. The minimum Gasteiger partial charge on any atom is -0.347 e. The minimum absolute atomic E-state index is 0.0204. The monoisotopic (exact) mass is 282 g/mol. The van der Waals surface area contributed by atoms with Gasteiger partial charge in [0.1, 0.15) is 0 Å². The number of aromatic nitrogens is 1. The molecule has 20 heavy (non-hydrogen) atoms. The number of alkyl halides is 3. The van der Waals surface area contributed by atoms with Gasteiger partial charge in [0.25, 0.3) is 0 Å². The fourth-order valence-corrected chi connectivity index (χ4v) is 2.44. The summed E-state index contributed by atoms with van der Waals surface area (Å²) in [7, 11) is 0. The van der Waals surface area contributed by atoms with Crippen LogP contribution >= 0.6 is 0 Å². The highest BCUT2D eigenvalue weighted by molar-refractivity contribution is 5.83. The number of hydrogen-bond acceptors (Lipinski definition) is 1. The van der Waals surface area contributed by atoms with Crippen molar-refractivity contribution in [2.24, 2.45) is 0 Å². The van der Waals surface area contributed by atoms with Crippen LogP contribution in [-0.2, 0) is 13.1 Å². The summed E-state index contributed by atoms with van der Waals surface area (Å²) in [5, 5.41) is 4.46. The molecule has 0 atom stereocenters. The first-order chi connectivity index (χ1) is 9.53. The Morgan fingerprint density at radius 2 is 1.95 bits per heavy atom. The maximum absolute atomic E-state index is 12.4. The molecule has 1 aliphatic rings. The van der Waals surface area contributed by atoms with Crippen molar-refractivity contribution in [2.75, 3.05) is 0 Å². The molecule has 1 aromatic heterocycles. The molecule has 1 heterocycles. The molecule has 0 saturated heterocycles. The van der Waals surface area contributed by atoms with E-state index in [1.165, 1.54) is 12.8 Å². The fourth-order valence-electron chi connectivity index (χ4n) is 2.44. The number of fused-ring (bicyclic) bond motifs is 1. The van der Waals surface area contributed by atoms with Crippen molar-refractivity contribution < 1.29 is 13.2 Å². The maximum Gasteiger partial charge on any atom is 0.390 e. The number of nitrogens with one attached hydrogen (secondary N) is 1. The van der Waals surface area contributed by atoms with Crippen LogP contribution in [0.25, 0.3) is 10.9 Å². The van der Waals surface area contributed by atoms with E-state index in [0.717, 1.165) is 23.0 Å². The summed E-state index contributed by atoms with van der Waals surface area (Å²) < 4.78 is 38.9. The first kappa shape index (κ1) is 13.5.